The molecule has 0 amide bonds. The number of rotatable bonds is 7. The lowest BCUT2D eigenvalue weighted by Crippen LogP contribution is -2.52. The summed E-state index contributed by atoms with van der Waals surface area (Å²) in [5.41, 5.74) is -5.20. The quantitative estimate of drug-likeness (QED) is 0.121. The predicted molar refractivity (Wildman–Crippen MR) is 126 cm³/mol. The minimum Gasteiger partial charge on any atom is -0.484 e. The molecule has 10 heteroatoms. The van der Waals surface area contributed by atoms with Crippen LogP contribution >= 0.6 is 0 Å². The maximum absolute atomic E-state index is 13.2. The fraction of sp³-hybridized carbons (Fsp3) is 0.333. The zero-order valence-corrected chi connectivity index (χ0v) is 20.8. The highest BCUT2D eigenvalue weighted by molar-refractivity contribution is 5.90. The Labute approximate surface area is 210 Å². The van der Waals surface area contributed by atoms with Gasteiger partial charge in [-0.05, 0) is 94.3 Å². The third-order valence-electron chi connectivity index (χ3n) is 5.73. The smallest absolute Gasteiger partial charge is 0.416 e. The van der Waals surface area contributed by atoms with Gasteiger partial charge in [0.15, 0.2) is 0 Å². The SMILES string of the molecule is C=C(C)C(=O)OC(C)(C)C(C)(C)Oc1ccc(/C(C#N)=C/c2cc(C(F)(F)F)cc(C(F)(F)F)c2)cc1. The molecule has 0 radical (unpaired) electrons. The number of carbonyl (C=O) groups is 1. The van der Waals surface area contributed by atoms with Gasteiger partial charge in [0.05, 0.1) is 22.8 Å². The van der Waals surface area contributed by atoms with Crippen LogP contribution < -0.4 is 4.74 Å². The lowest BCUT2D eigenvalue weighted by atomic mass is 9.88. The standard InChI is InChI=1S/C27H25F6NO3/c1-16(2)23(35)37-25(5,6)24(3,4)36-22-9-7-18(8-10-22)19(15-34)11-17-12-20(26(28,29)30)14-21(13-17)27(31,32)33/h7-14H,1H2,2-6H3/b19-11+. The molecule has 2 aromatic carbocycles. The highest BCUT2D eigenvalue weighted by Crippen LogP contribution is 2.37. The second-order valence-electron chi connectivity index (χ2n) is 9.33. The molecule has 0 heterocycles. The van der Waals surface area contributed by atoms with E-state index in [1.54, 1.807) is 33.8 Å². The molecule has 4 nitrogen and oxygen atoms in total. The summed E-state index contributed by atoms with van der Waals surface area (Å²) in [6, 6.07) is 8.73. The van der Waals surface area contributed by atoms with Gasteiger partial charge in [-0.25, -0.2) is 4.79 Å². The molecule has 0 atom stereocenters. The van der Waals surface area contributed by atoms with Crippen LogP contribution in [-0.4, -0.2) is 17.2 Å². The Morgan fingerprint density at radius 1 is 0.892 bits per heavy atom. The Balaban J connectivity index is 2.38. The van der Waals surface area contributed by atoms with Crippen LogP contribution in [0.3, 0.4) is 0 Å². The number of esters is 1. The summed E-state index contributed by atoms with van der Waals surface area (Å²) in [5, 5.41) is 9.54. The first-order valence-electron chi connectivity index (χ1n) is 10.9. The summed E-state index contributed by atoms with van der Waals surface area (Å²) < 4.78 is 90.4. The van der Waals surface area contributed by atoms with Gasteiger partial charge in [-0.2, -0.15) is 31.6 Å². The summed E-state index contributed by atoms with van der Waals surface area (Å²) in [5.74, 6) is -0.270. The fourth-order valence-electron chi connectivity index (χ4n) is 2.97. The van der Waals surface area contributed by atoms with E-state index in [-0.39, 0.29) is 22.8 Å². The molecule has 0 aliphatic rings. The molecule has 0 bridgehead atoms. The van der Waals surface area contributed by atoms with E-state index in [9.17, 15) is 36.4 Å². The number of alkyl halides is 6. The molecule has 0 aromatic heterocycles. The average molecular weight is 525 g/mol. The van der Waals surface area contributed by atoms with E-state index in [2.05, 4.69) is 6.58 Å². The van der Waals surface area contributed by atoms with Crippen molar-refractivity contribution in [3.05, 3.63) is 76.9 Å². The normalized spacial score (nSPS) is 13.1. The Kier molecular flexibility index (Phi) is 8.23. The van der Waals surface area contributed by atoms with Crippen molar-refractivity contribution in [1.82, 2.24) is 0 Å². The molecule has 0 aliphatic carbocycles. The first-order valence-corrected chi connectivity index (χ1v) is 10.9. The molecule has 0 unspecified atom stereocenters. The van der Waals surface area contributed by atoms with Crippen molar-refractivity contribution in [1.29, 1.82) is 5.26 Å². The monoisotopic (exact) mass is 525 g/mol. The van der Waals surface area contributed by atoms with Crippen LogP contribution in [0.2, 0.25) is 0 Å². The maximum atomic E-state index is 13.2. The third kappa shape index (κ3) is 7.38. The minimum absolute atomic E-state index is 0.0202. The first kappa shape index (κ1) is 29.5. The van der Waals surface area contributed by atoms with Crippen LogP contribution in [-0.2, 0) is 21.9 Å². The second-order valence-corrected chi connectivity index (χ2v) is 9.33. The van der Waals surface area contributed by atoms with E-state index >= 15 is 0 Å². The number of ether oxygens (including phenoxy) is 2. The van der Waals surface area contributed by atoms with Crippen LogP contribution in [0.15, 0.2) is 54.6 Å². The second kappa shape index (κ2) is 10.3. The number of halogens is 6. The van der Waals surface area contributed by atoms with Crippen LogP contribution in [0, 0.1) is 11.3 Å². The topological polar surface area (TPSA) is 59.3 Å². The molecule has 0 saturated carbocycles. The van der Waals surface area contributed by atoms with Crippen molar-refractivity contribution in [3.63, 3.8) is 0 Å². The van der Waals surface area contributed by atoms with Crippen molar-refractivity contribution >= 4 is 17.6 Å². The summed E-state index contributed by atoms with van der Waals surface area (Å²) in [6.45, 7) is 11.8. The molecule has 0 aliphatic heterocycles. The Morgan fingerprint density at radius 2 is 1.38 bits per heavy atom. The van der Waals surface area contributed by atoms with Gasteiger partial charge in [-0.1, -0.05) is 6.58 Å². The number of carbonyl (C=O) groups excluding carboxylic acids is 1. The lowest BCUT2D eigenvalue weighted by molar-refractivity contribution is -0.171. The van der Waals surface area contributed by atoms with Gasteiger partial charge >= 0.3 is 18.3 Å². The van der Waals surface area contributed by atoms with E-state index in [1.165, 1.54) is 31.2 Å². The van der Waals surface area contributed by atoms with Crippen molar-refractivity contribution in [3.8, 4) is 11.8 Å². The largest absolute Gasteiger partial charge is 0.484 e. The van der Waals surface area contributed by atoms with Gasteiger partial charge in [0, 0.05) is 5.57 Å². The van der Waals surface area contributed by atoms with Crippen LogP contribution in [0.25, 0.3) is 11.6 Å². The van der Waals surface area contributed by atoms with Crippen molar-refractivity contribution in [2.75, 3.05) is 0 Å². The summed E-state index contributed by atoms with van der Waals surface area (Å²) in [6.07, 6.45) is -9.06. The highest BCUT2D eigenvalue weighted by atomic mass is 19.4. The molecule has 2 aromatic rings. The third-order valence-corrected chi connectivity index (χ3v) is 5.73. The van der Waals surface area contributed by atoms with Crippen molar-refractivity contribution in [2.24, 2.45) is 0 Å². The van der Waals surface area contributed by atoms with E-state index in [0.717, 1.165) is 6.08 Å². The van der Waals surface area contributed by atoms with Gasteiger partial charge in [0.1, 0.15) is 17.0 Å². The predicted octanol–water partition coefficient (Wildman–Crippen LogP) is 7.84. The van der Waals surface area contributed by atoms with E-state index in [0.29, 0.717) is 17.9 Å². The molecule has 0 fully saturated rings. The van der Waals surface area contributed by atoms with E-state index in [1.807, 2.05) is 0 Å². The number of benzene rings is 2. The Morgan fingerprint density at radius 3 is 1.78 bits per heavy atom. The molecule has 0 saturated heterocycles. The minimum atomic E-state index is -5.01. The average Bonchev–Trinajstić information content (AvgIpc) is 2.76. The van der Waals surface area contributed by atoms with Crippen LogP contribution in [0.5, 0.6) is 5.75 Å². The Hall–Kier alpha value is -3.74. The summed E-state index contributed by atoms with van der Waals surface area (Å²) in [4.78, 5) is 12.0. The van der Waals surface area contributed by atoms with Crippen LogP contribution in [0.4, 0.5) is 26.3 Å². The van der Waals surface area contributed by atoms with Gasteiger partial charge in [-0.3, -0.25) is 0 Å². The number of hydrogen-bond acceptors (Lipinski definition) is 4. The number of hydrogen-bond donors (Lipinski definition) is 0. The molecule has 0 spiro atoms. The van der Waals surface area contributed by atoms with Gasteiger partial charge in [0.25, 0.3) is 0 Å². The molecule has 37 heavy (non-hydrogen) atoms. The first-order chi connectivity index (χ1) is 16.8. The molecule has 198 valence electrons. The fourth-order valence-corrected chi connectivity index (χ4v) is 2.97. The molecular weight excluding hydrogens is 500 g/mol. The molecular formula is C27H25F6NO3. The van der Waals surface area contributed by atoms with Crippen LogP contribution in [0.1, 0.15) is 56.9 Å². The van der Waals surface area contributed by atoms with E-state index < -0.39 is 46.2 Å². The summed E-state index contributed by atoms with van der Waals surface area (Å²) in [7, 11) is 0. The maximum Gasteiger partial charge on any atom is 0.416 e. The zero-order valence-electron chi connectivity index (χ0n) is 20.8. The summed E-state index contributed by atoms with van der Waals surface area (Å²) >= 11 is 0. The lowest BCUT2D eigenvalue weighted by Gasteiger charge is -2.40. The van der Waals surface area contributed by atoms with Gasteiger partial charge in [-0.15, -0.1) is 0 Å². The Bertz CT molecular complexity index is 1210. The number of nitriles is 1. The molecule has 2 rings (SSSR count). The van der Waals surface area contributed by atoms with Gasteiger partial charge < -0.3 is 9.47 Å². The van der Waals surface area contributed by atoms with E-state index in [4.69, 9.17) is 9.47 Å². The number of nitrogens with zero attached hydrogens (tertiary/aromatic N) is 1. The highest BCUT2D eigenvalue weighted by Gasteiger charge is 2.43. The number of allylic oxidation sites excluding steroid dienone is 1. The molecule has 0 N–H and O–H groups in total. The van der Waals surface area contributed by atoms with Gasteiger partial charge in [0.2, 0.25) is 0 Å². The van der Waals surface area contributed by atoms with Crippen molar-refractivity contribution < 1.29 is 40.6 Å². The zero-order chi connectivity index (χ0) is 28.4. The van der Waals surface area contributed by atoms with Crippen molar-refractivity contribution in [2.45, 2.75) is 58.2 Å².